The molecular formula is C38H76N4. The summed E-state index contributed by atoms with van der Waals surface area (Å²) >= 11 is 0. The Labute approximate surface area is 264 Å². The third kappa shape index (κ3) is 25.5. The molecule has 2 rings (SSSR count). The number of amidine groups is 1. The van der Waals surface area contributed by atoms with E-state index in [0.29, 0.717) is 6.17 Å². The minimum absolute atomic E-state index is 0.516. The summed E-state index contributed by atoms with van der Waals surface area (Å²) in [6.45, 7) is 11.3. The Morgan fingerprint density at radius 3 is 1.52 bits per heavy atom. The third-order valence-corrected chi connectivity index (χ3v) is 9.16. The highest BCUT2D eigenvalue weighted by Gasteiger charge is 2.10. The summed E-state index contributed by atoms with van der Waals surface area (Å²) in [5.41, 5.74) is 0. The molecule has 42 heavy (non-hydrogen) atoms. The third-order valence-electron chi connectivity index (χ3n) is 9.16. The van der Waals surface area contributed by atoms with E-state index in [-0.39, 0.29) is 0 Å². The van der Waals surface area contributed by atoms with Gasteiger partial charge < -0.3 is 10.2 Å². The van der Waals surface area contributed by atoms with Crippen LogP contribution in [0.25, 0.3) is 0 Å². The minimum Gasteiger partial charge on any atom is -0.376 e. The molecule has 0 spiro atoms. The number of nitrogens with one attached hydrogen (secondary N) is 2. The highest BCUT2D eigenvalue weighted by molar-refractivity contribution is 5.80. The fourth-order valence-corrected chi connectivity index (χ4v) is 6.25. The topological polar surface area (TPSA) is 39.7 Å². The second kappa shape index (κ2) is 31.4. The molecule has 2 aliphatic rings. The van der Waals surface area contributed by atoms with E-state index >= 15 is 0 Å². The van der Waals surface area contributed by atoms with Crippen LogP contribution in [0, 0.1) is 0 Å². The van der Waals surface area contributed by atoms with Gasteiger partial charge in [0.25, 0.3) is 0 Å². The van der Waals surface area contributed by atoms with Crippen molar-refractivity contribution in [3.05, 3.63) is 12.3 Å². The van der Waals surface area contributed by atoms with Crippen LogP contribution in [-0.4, -0.2) is 43.1 Å². The second-order valence-electron chi connectivity index (χ2n) is 13.2. The lowest BCUT2D eigenvalue weighted by atomic mass is 10.0. The highest BCUT2D eigenvalue weighted by Crippen LogP contribution is 2.14. The Morgan fingerprint density at radius 2 is 1.10 bits per heavy atom. The maximum atomic E-state index is 4.52. The van der Waals surface area contributed by atoms with E-state index in [1.165, 1.54) is 192 Å². The first-order chi connectivity index (χ1) is 20.8. The van der Waals surface area contributed by atoms with Crippen LogP contribution in [0.3, 0.4) is 0 Å². The molecule has 1 unspecified atom stereocenters. The van der Waals surface area contributed by atoms with Crippen LogP contribution in [-0.2, 0) is 0 Å². The maximum Gasteiger partial charge on any atom is 0.0957 e. The van der Waals surface area contributed by atoms with Crippen molar-refractivity contribution in [2.75, 3.05) is 26.2 Å². The molecule has 0 aromatic heterocycles. The van der Waals surface area contributed by atoms with Crippen LogP contribution >= 0.6 is 0 Å². The summed E-state index contributed by atoms with van der Waals surface area (Å²) in [6, 6.07) is 0. The predicted octanol–water partition coefficient (Wildman–Crippen LogP) is 11.3. The van der Waals surface area contributed by atoms with Crippen LogP contribution in [0.1, 0.15) is 194 Å². The lowest BCUT2D eigenvalue weighted by Gasteiger charge is -2.27. The first-order valence-electron chi connectivity index (χ1n) is 19.2. The van der Waals surface area contributed by atoms with Gasteiger partial charge in [-0.25, -0.2) is 0 Å². The Bertz CT molecular complexity index is 602. The molecule has 1 atom stereocenters. The molecule has 4 nitrogen and oxygen atoms in total. The van der Waals surface area contributed by atoms with Crippen molar-refractivity contribution in [3.63, 3.8) is 0 Å². The summed E-state index contributed by atoms with van der Waals surface area (Å²) < 4.78 is 0. The highest BCUT2D eigenvalue weighted by atomic mass is 15.2. The molecule has 2 N–H and O–H groups in total. The monoisotopic (exact) mass is 589 g/mol. The van der Waals surface area contributed by atoms with Crippen LogP contribution in [0.15, 0.2) is 17.3 Å². The molecular weight excluding hydrogens is 512 g/mol. The molecule has 4 heteroatoms. The van der Waals surface area contributed by atoms with Crippen molar-refractivity contribution in [1.29, 1.82) is 0 Å². The second-order valence-corrected chi connectivity index (χ2v) is 13.2. The van der Waals surface area contributed by atoms with Crippen molar-refractivity contribution in [2.45, 2.75) is 200 Å². The zero-order chi connectivity index (χ0) is 30.2. The molecule has 0 saturated carbocycles. The molecule has 2 aliphatic heterocycles. The van der Waals surface area contributed by atoms with Gasteiger partial charge in [0.2, 0.25) is 0 Å². The number of unbranched alkanes of at least 4 members (excludes halogenated alkanes) is 23. The van der Waals surface area contributed by atoms with E-state index in [1.54, 1.807) is 0 Å². The smallest absolute Gasteiger partial charge is 0.0957 e. The van der Waals surface area contributed by atoms with Gasteiger partial charge in [0.1, 0.15) is 0 Å². The van der Waals surface area contributed by atoms with E-state index in [2.05, 4.69) is 53.6 Å². The van der Waals surface area contributed by atoms with E-state index in [1.807, 2.05) is 0 Å². The molecule has 0 amide bonds. The average molecular weight is 589 g/mol. The van der Waals surface area contributed by atoms with E-state index < -0.39 is 0 Å². The van der Waals surface area contributed by atoms with Gasteiger partial charge in [-0.15, -0.1) is 0 Å². The van der Waals surface area contributed by atoms with E-state index in [9.17, 15) is 0 Å². The quantitative estimate of drug-likeness (QED) is 0.0937. The lowest BCUT2D eigenvalue weighted by Crippen LogP contribution is -2.42. The molecule has 0 bridgehead atoms. The van der Waals surface area contributed by atoms with Crippen molar-refractivity contribution in [1.82, 2.24) is 15.5 Å². The molecule has 0 aliphatic carbocycles. The first-order valence-corrected chi connectivity index (χ1v) is 19.2. The molecule has 248 valence electrons. The van der Waals surface area contributed by atoms with Gasteiger partial charge in [0, 0.05) is 26.2 Å². The Morgan fingerprint density at radius 1 is 0.643 bits per heavy atom. The Kier molecular flexibility index (Phi) is 29.1. The summed E-state index contributed by atoms with van der Waals surface area (Å²) in [7, 11) is 0. The van der Waals surface area contributed by atoms with E-state index in [4.69, 9.17) is 0 Å². The minimum atomic E-state index is 0.516. The van der Waals surface area contributed by atoms with Gasteiger partial charge in [0.15, 0.2) is 0 Å². The number of hydrogen-bond acceptors (Lipinski definition) is 4. The number of rotatable bonds is 27. The maximum absolute atomic E-state index is 4.52. The standard InChI is InChI=1S/C21H42N2.C17H34N2/c1-2-3-4-5-6-7-8-9-10-11-12-13-14-15-16-18-21-22-19-17-20-23-21;1-3-4-5-6-7-8-9-10-11-12-15-19-16-13-14-18-17(19)2/h17,19,21-23H,2-16,18,20H2,1H3;3-16H2,1-2H3. The first kappa shape index (κ1) is 39.0. The predicted molar refractivity (Wildman–Crippen MR) is 190 cm³/mol. The average Bonchev–Trinajstić information content (AvgIpc) is 3.02. The lowest BCUT2D eigenvalue weighted by molar-refractivity contribution is 0.376. The number of aliphatic imine (C=N–C) groups is 1. The zero-order valence-electron chi connectivity index (χ0n) is 29.0. The van der Waals surface area contributed by atoms with Gasteiger partial charge >= 0.3 is 0 Å². The van der Waals surface area contributed by atoms with Gasteiger partial charge in [-0.2, -0.15) is 0 Å². The Balaban J connectivity index is 0.000000428. The number of nitrogens with zero attached hydrogens (tertiary/aromatic N) is 2. The van der Waals surface area contributed by atoms with Crippen molar-refractivity contribution < 1.29 is 0 Å². The van der Waals surface area contributed by atoms with Crippen molar-refractivity contribution >= 4 is 5.84 Å². The fraction of sp³-hybridized carbons (Fsp3) is 0.921. The van der Waals surface area contributed by atoms with Gasteiger partial charge in [-0.3, -0.25) is 10.3 Å². The van der Waals surface area contributed by atoms with Gasteiger partial charge in [-0.1, -0.05) is 174 Å². The van der Waals surface area contributed by atoms with Crippen LogP contribution in [0.5, 0.6) is 0 Å². The van der Waals surface area contributed by atoms with Crippen LogP contribution < -0.4 is 10.6 Å². The largest absolute Gasteiger partial charge is 0.376 e. The Hall–Kier alpha value is -1.03. The van der Waals surface area contributed by atoms with Gasteiger partial charge in [-0.05, 0) is 32.4 Å². The summed E-state index contributed by atoms with van der Waals surface area (Å²) in [5.74, 6) is 1.27. The van der Waals surface area contributed by atoms with Gasteiger partial charge in [0.05, 0.1) is 12.0 Å². The van der Waals surface area contributed by atoms with Crippen molar-refractivity contribution in [3.8, 4) is 0 Å². The SMILES string of the molecule is CCCCCCCCCCCCCCCCCC1NC=CCN1.CCCCCCCCCCCCN1CCCN=C1C. The number of hydrogen-bond donors (Lipinski definition) is 2. The molecule has 0 aromatic rings. The van der Waals surface area contributed by atoms with E-state index in [0.717, 1.165) is 13.1 Å². The van der Waals surface area contributed by atoms with Crippen molar-refractivity contribution in [2.24, 2.45) is 4.99 Å². The van der Waals surface area contributed by atoms with Crippen LogP contribution in [0.4, 0.5) is 0 Å². The summed E-state index contributed by atoms with van der Waals surface area (Å²) in [5, 5.41) is 6.85. The molecule has 0 fully saturated rings. The molecule has 0 saturated heterocycles. The zero-order valence-corrected chi connectivity index (χ0v) is 29.0. The normalized spacial score (nSPS) is 16.6. The molecule has 0 aromatic carbocycles. The summed E-state index contributed by atoms with van der Waals surface area (Å²) in [6.07, 6.45) is 43.1. The molecule has 2 heterocycles. The molecule has 0 radical (unpaired) electrons. The summed E-state index contributed by atoms with van der Waals surface area (Å²) in [4.78, 5) is 6.98. The fourth-order valence-electron chi connectivity index (χ4n) is 6.25. The van der Waals surface area contributed by atoms with Crippen LogP contribution in [0.2, 0.25) is 0 Å².